The van der Waals surface area contributed by atoms with Crippen LogP contribution in [0.3, 0.4) is 0 Å². The van der Waals surface area contributed by atoms with E-state index in [9.17, 15) is 4.79 Å². The Morgan fingerprint density at radius 1 is 1.41 bits per heavy atom. The van der Waals surface area contributed by atoms with Crippen LogP contribution in [-0.2, 0) is 19.4 Å². The van der Waals surface area contributed by atoms with Gasteiger partial charge >= 0.3 is 5.69 Å². The van der Waals surface area contributed by atoms with E-state index in [1.807, 2.05) is 4.57 Å². The van der Waals surface area contributed by atoms with E-state index in [0.717, 1.165) is 37.3 Å². The van der Waals surface area contributed by atoms with Gasteiger partial charge in [-0.3, -0.25) is 4.57 Å². The molecule has 4 heteroatoms. The number of hydrogen-bond donors (Lipinski definition) is 0. The minimum atomic E-state index is -0.0596. The lowest BCUT2D eigenvalue weighted by Crippen LogP contribution is -2.27. The zero-order chi connectivity index (χ0) is 12.4. The molecule has 0 N–H and O–H groups in total. The van der Waals surface area contributed by atoms with Gasteiger partial charge in [0.25, 0.3) is 0 Å². The quantitative estimate of drug-likeness (QED) is 0.610. The lowest BCUT2D eigenvalue weighted by molar-refractivity contribution is 0.597. The van der Waals surface area contributed by atoms with Gasteiger partial charge in [-0.05, 0) is 25.7 Å². The summed E-state index contributed by atoms with van der Waals surface area (Å²) in [6, 6.07) is 0. The van der Waals surface area contributed by atoms with Crippen LogP contribution in [0.4, 0.5) is 0 Å². The highest BCUT2D eigenvalue weighted by molar-refractivity contribution is 7.99. The first-order valence-corrected chi connectivity index (χ1v) is 7.30. The predicted octanol–water partition coefficient (Wildman–Crippen LogP) is 2.64. The van der Waals surface area contributed by atoms with Crippen LogP contribution in [0.2, 0.25) is 0 Å². The van der Waals surface area contributed by atoms with Crippen molar-refractivity contribution in [2.24, 2.45) is 0 Å². The van der Waals surface area contributed by atoms with Crippen LogP contribution in [0.15, 0.2) is 9.82 Å². The number of aromatic nitrogens is 2. The Kier molecular flexibility index (Phi) is 3.92. The first-order chi connectivity index (χ1) is 8.13. The fourth-order valence-electron chi connectivity index (χ4n) is 2.36. The van der Waals surface area contributed by atoms with Crippen LogP contribution in [-0.4, -0.2) is 14.8 Å². The third-order valence-corrected chi connectivity index (χ3v) is 4.03. The zero-order valence-electron chi connectivity index (χ0n) is 10.8. The normalized spacial score (nSPS) is 14.4. The van der Waals surface area contributed by atoms with Gasteiger partial charge in [0, 0.05) is 23.1 Å². The third kappa shape index (κ3) is 2.57. The lowest BCUT2D eigenvalue weighted by Gasteiger charge is -2.14. The fraction of sp³-hybridized carbons (Fsp3) is 0.692. The molecule has 1 aromatic rings. The monoisotopic (exact) mass is 252 g/mol. The summed E-state index contributed by atoms with van der Waals surface area (Å²) in [7, 11) is 0. The fourth-order valence-corrected chi connectivity index (χ4v) is 3.30. The molecule has 0 amide bonds. The van der Waals surface area contributed by atoms with Gasteiger partial charge in [-0.2, -0.15) is 4.98 Å². The zero-order valence-corrected chi connectivity index (χ0v) is 11.6. The van der Waals surface area contributed by atoms with E-state index in [4.69, 9.17) is 0 Å². The highest BCUT2D eigenvalue weighted by Gasteiger charge is 2.21. The molecule has 1 aromatic heterocycles. The van der Waals surface area contributed by atoms with Gasteiger partial charge in [0.1, 0.15) is 5.03 Å². The summed E-state index contributed by atoms with van der Waals surface area (Å²) in [6.45, 7) is 7.20. The maximum absolute atomic E-state index is 12.0. The molecule has 0 aromatic carbocycles. The van der Waals surface area contributed by atoms with Crippen molar-refractivity contribution in [1.82, 2.24) is 9.55 Å². The van der Waals surface area contributed by atoms with Gasteiger partial charge in [0.05, 0.1) is 0 Å². The van der Waals surface area contributed by atoms with Crippen LogP contribution in [0, 0.1) is 0 Å². The second kappa shape index (κ2) is 5.25. The molecule has 1 aliphatic rings. The van der Waals surface area contributed by atoms with Gasteiger partial charge in [0.2, 0.25) is 0 Å². The molecule has 0 unspecified atom stereocenters. The van der Waals surface area contributed by atoms with Gasteiger partial charge in [0.15, 0.2) is 0 Å². The smallest absolute Gasteiger partial charge is 0.296 e. The highest BCUT2D eigenvalue weighted by Crippen LogP contribution is 2.31. The van der Waals surface area contributed by atoms with Crippen molar-refractivity contribution in [2.75, 3.05) is 0 Å². The standard InChI is InChI=1S/C13H20N2OS/c1-4-8-15-11-7-5-6-10(11)12(14-13(15)16)17-9(2)3/h9H,4-8H2,1-3H3. The summed E-state index contributed by atoms with van der Waals surface area (Å²) in [5.74, 6) is 0. The molecule has 1 heterocycles. The Morgan fingerprint density at radius 3 is 2.82 bits per heavy atom. The number of hydrogen-bond acceptors (Lipinski definition) is 3. The van der Waals surface area contributed by atoms with Gasteiger partial charge in [-0.25, -0.2) is 4.79 Å². The maximum Gasteiger partial charge on any atom is 0.348 e. The Bertz CT molecular complexity index is 465. The van der Waals surface area contributed by atoms with Crippen molar-refractivity contribution < 1.29 is 0 Å². The molecule has 0 saturated carbocycles. The molecule has 3 nitrogen and oxygen atoms in total. The minimum Gasteiger partial charge on any atom is -0.296 e. The van der Waals surface area contributed by atoms with E-state index in [1.54, 1.807) is 11.8 Å². The number of nitrogens with zero attached hydrogens (tertiary/aromatic N) is 2. The molecule has 2 rings (SSSR count). The molecule has 0 bridgehead atoms. The van der Waals surface area contributed by atoms with Crippen LogP contribution in [0.5, 0.6) is 0 Å². The molecule has 0 aliphatic heterocycles. The summed E-state index contributed by atoms with van der Waals surface area (Å²) in [4.78, 5) is 16.3. The molecular weight excluding hydrogens is 232 g/mol. The molecular formula is C13H20N2OS. The van der Waals surface area contributed by atoms with E-state index in [-0.39, 0.29) is 5.69 Å². The maximum atomic E-state index is 12.0. The molecule has 1 aliphatic carbocycles. The summed E-state index contributed by atoms with van der Waals surface area (Å²) in [5, 5.41) is 1.46. The van der Waals surface area contributed by atoms with Crippen LogP contribution < -0.4 is 5.69 Å². The van der Waals surface area contributed by atoms with Crippen molar-refractivity contribution in [1.29, 1.82) is 0 Å². The Balaban J connectivity index is 2.48. The van der Waals surface area contributed by atoms with Gasteiger partial charge in [-0.15, -0.1) is 11.8 Å². The van der Waals surface area contributed by atoms with Crippen molar-refractivity contribution in [3.63, 3.8) is 0 Å². The summed E-state index contributed by atoms with van der Waals surface area (Å²) < 4.78 is 1.88. The van der Waals surface area contributed by atoms with E-state index >= 15 is 0 Å². The van der Waals surface area contributed by atoms with Crippen molar-refractivity contribution >= 4 is 11.8 Å². The van der Waals surface area contributed by atoms with E-state index in [2.05, 4.69) is 25.8 Å². The first kappa shape index (κ1) is 12.7. The third-order valence-electron chi connectivity index (χ3n) is 3.00. The minimum absolute atomic E-state index is 0.0596. The van der Waals surface area contributed by atoms with Crippen molar-refractivity contribution in [2.45, 2.75) is 63.3 Å². The van der Waals surface area contributed by atoms with E-state index in [0.29, 0.717) is 5.25 Å². The lowest BCUT2D eigenvalue weighted by atomic mass is 10.2. The Morgan fingerprint density at radius 2 is 2.18 bits per heavy atom. The van der Waals surface area contributed by atoms with Gasteiger partial charge in [-0.1, -0.05) is 20.8 Å². The number of fused-ring (bicyclic) bond motifs is 1. The van der Waals surface area contributed by atoms with Crippen LogP contribution in [0.1, 0.15) is 44.9 Å². The Labute approximate surface area is 107 Å². The molecule has 0 atom stereocenters. The average Bonchev–Trinajstić information content (AvgIpc) is 2.72. The van der Waals surface area contributed by atoms with Gasteiger partial charge < -0.3 is 0 Å². The second-order valence-corrected chi connectivity index (χ2v) is 6.36. The molecule has 94 valence electrons. The Hall–Kier alpha value is -0.770. The predicted molar refractivity (Wildman–Crippen MR) is 71.8 cm³/mol. The topological polar surface area (TPSA) is 34.9 Å². The van der Waals surface area contributed by atoms with E-state index in [1.165, 1.54) is 11.3 Å². The highest BCUT2D eigenvalue weighted by atomic mass is 32.2. The molecule has 17 heavy (non-hydrogen) atoms. The summed E-state index contributed by atoms with van der Waals surface area (Å²) >= 11 is 1.72. The van der Waals surface area contributed by atoms with Crippen LogP contribution in [0.25, 0.3) is 0 Å². The SMILES string of the molecule is CCCn1c2c(c(SC(C)C)nc1=O)CCC2. The molecule has 0 fully saturated rings. The first-order valence-electron chi connectivity index (χ1n) is 6.42. The molecule has 0 saturated heterocycles. The second-order valence-electron chi connectivity index (χ2n) is 4.80. The number of rotatable bonds is 4. The summed E-state index contributed by atoms with van der Waals surface area (Å²) in [6.07, 6.45) is 4.28. The number of thioether (sulfide) groups is 1. The molecule has 0 radical (unpaired) electrons. The van der Waals surface area contributed by atoms with Crippen LogP contribution >= 0.6 is 11.8 Å². The van der Waals surface area contributed by atoms with Crippen molar-refractivity contribution in [3.8, 4) is 0 Å². The van der Waals surface area contributed by atoms with Crippen molar-refractivity contribution in [3.05, 3.63) is 21.7 Å². The largest absolute Gasteiger partial charge is 0.348 e. The van der Waals surface area contributed by atoms with E-state index < -0.39 is 0 Å². The summed E-state index contributed by atoms with van der Waals surface area (Å²) in [5.41, 5.74) is 2.52. The molecule has 0 spiro atoms. The average molecular weight is 252 g/mol.